The Morgan fingerprint density at radius 2 is 2.40 bits per heavy atom. The van der Waals surface area contributed by atoms with E-state index in [1.165, 1.54) is 0 Å². The lowest BCUT2D eigenvalue weighted by Gasteiger charge is -2.08. The largest absolute Gasteiger partial charge is 0.352 e. The summed E-state index contributed by atoms with van der Waals surface area (Å²) in [7, 11) is 0. The topological polar surface area (TPSA) is 80.0 Å². The number of halogens is 1. The van der Waals surface area contributed by atoms with Crippen LogP contribution in [0.3, 0.4) is 0 Å². The van der Waals surface area contributed by atoms with Crippen molar-refractivity contribution in [2.24, 2.45) is 5.84 Å². The van der Waals surface area contributed by atoms with Gasteiger partial charge in [-0.2, -0.15) is 0 Å². The molecule has 0 aliphatic heterocycles. The quantitative estimate of drug-likeness (QED) is 0.570. The van der Waals surface area contributed by atoms with Crippen LogP contribution in [-0.2, 0) is 0 Å². The Kier molecular flexibility index (Phi) is 4.51. The molecule has 0 unspecified atom stereocenters. The number of carbonyl (C=O) groups excluding carboxylic acids is 1. The third-order valence-corrected chi connectivity index (χ3v) is 2.20. The number of nitrogens with one attached hydrogen (secondary N) is 2. The van der Waals surface area contributed by atoms with Crippen molar-refractivity contribution in [2.75, 3.05) is 12.0 Å². The molecule has 0 aliphatic carbocycles. The lowest BCUT2D eigenvalue weighted by molar-refractivity contribution is 0.0954. The normalized spacial score (nSPS) is 9.80. The van der Waals surface area contributed by atoms with Crippen LogP contribution in [-0.4, -0.2) is 17.4 Å². The Hall–Kier alpha value is -1.14. The Morgan fingerprint density at radius 1 is 1.67 bits per heavy atom. The summed E-state index contributed by atoms with van der Waals surface area (Å²) in [6, 6.07) is 1.67. The van der Waals surface area contributed by atoms with E-state index < -0.39 is 0 Å². The molecule has 1 aromatic heterocycles. The third-order valence-electron chi connectivity index (χ3n) is 1.77. The minimum absolute atomic E-state index is 0.182. The molecule has 1 heterocycles. The van der Waals surface area contributed by atoms with Crippen LogP contribution >= 0.6 is 15.9 Å². The highest BCUT2D eigenvalue weighted by molar-refractivity contribution is 9.10. The Labute approximate surface area is 96.5 Å². The van der Waals surface area contributed by atoms with Gasteiger partial charge in [0.1, 0.15) is 0 Å². The second kappa shape index (κ2) is 5.67. The Morgan fingerprint density at radius 3 is 3.00 bits per heavy atom. The summed E-state index contributed by atoms with van der Waals surface area (Å²) in [4.78, 5) is 15.7. The van der Waals surface area contributed by atoms with Gasteiger partial charge in [-0.3, -0.25) is 4.79 Å². The van der Waals surface area contributed by atoms with Crippen LogP contribution in [0, 0.1) is 0 Å². The second-order valence-electron chi connectivity index (χ2n) is 2.95. The van der Waals surface area contributed by atoms with Crippen LogP contribution in [0.5, 0.6) is 0 Å². The first-order chi connectivity index (χ1) is 7.19. The molecule has 0 bridgehead atoms. The molecule has 0 aromatic carbocycles. The zero-order valence-corrected chi connectivity index (χ0v) is 9.97. The molecule has 1 amide bonds. The van der Waals surface area contributed by atoms with E-state index in [1.807, 2.05) is 6.92 Å². The van der Waals surface area contributed by atoms with E-state index in [0.29, 0.717) is 17.9 Å². The van der Waals surface area contributed by atoms with Crippen molar-refractivity contribution in [3.05, 3.63) is 22.3 Å². The number of hydrogen-bond donors (Lipinski definition) is 3. The standard InChI is InChI=1S/C9H13BrN4O/c1-2-3-12-9(15)7-4-6(10)5-13-8(7)14-11/h4-5H,2-3,11H2,1H3,(H,12,15)(H,13,14). The van der Waals surface area contributed by atoms with Gasteiger partial charge >= 0.3 is 0 Å². The Balaban J connectivity index is 2.90. The van der Waals surface area contributed by atoms with Crippen molar-refractivity contribution in [1.82, 2.24) is 10.3 Å². The van der Waals surface area contributed by atoms with Crippen LogP contribution in [0.4, 0.5) is 5.82 Å². The summed E-state index contributed by atoms with van der Waals surface area (Å²) in [5.74, 6) is 5.44. The van der Waals surface area contributed by atoms with Crippen LogP contribution in [0.15, 0.2) is 16.7 Å². The molecule has 1 aromatic rings. The number of aromatic nitrogens is 1. The number of nitrogen functional groups attached to an aromatic ring is 1. The van der Waals surface area contributed by atoms with E-state index in [2.05, 4.69) is 31.7 Å². The van der Waals surface area contributed by atoms with Crippen molar-refractivity contribution >= 4 is 27.7 Å². The minimum Gasteiger partial charge on any atom is -0.352 e. The fourth-order valence-electron chi connectivity index (χ4n) is 1.06. The maximum absolute atomic E-state index is 11.7. The molecule has 15 heavy (non-hydrogen) atoms. The molecule has 5 nitrogen and oxygen atoms in total. The van der Waals surface area contributed by atoms with Gasteiger partial charge in [-0.05, 0) is 28.4 Å². The number of anilines is 1. The van der Waals surface area contributed by atoms with Gasteiger partial charge in [0.2, 0.25) is 0 Å². The van der Waals surface area contributed by atoms with Gasteiger partial charge in [-0.1, -0.05) is 6.92 Å². The smallest absolute Gasteiger partial charge is 0.255 e. The van der Waals surface area contributed by atoms with Crippen molar-refractivity contribution in [1.29, 1.82) is 0 Å². The van der Waals surface area contributed by atoms with Crippen LogP contribution < -0.4 is 16.6 Å². The minimum atomic E-state index is -0.182. The fourth-order valence-corrected chi connectivity index (χ4v) is 1.39. The van der Waals surface area contributed by atoms with Crippen molar-refractivity contribution in [2.45, 2.75) is 13.3 Å². The Bertz CT molecular complexity index is 356. The van der Waals surface area contributed by atoms with Crippen LogP contribution in [0.25, 0.3) is 0 Å². The van der Waals surface area contributed by atoms with E-state index in [1.54, 1.807) is 12.3 Å². The summed E-state index contributed by atoms with van der Waals surface area (Å²) < 4.78 is 0.739. The molecular formula is C9H13BrN4O. The van der Waals surface area contributed by atoms with E-state index >= 15 is 0 Å². The number of carbonyl (C=O) groups is 1. The lowest BCUT2D eigenvalue weighted by Crippen LogP contribution is -2.26. The summed E-state index contributed by atoms with van der Waals surface area (Å²) in [6.07, 6.45) is 2.46. The van der Waals surface area contributed by atoms with Gasteiger partial charge in [0.25, 0.3) is 5.91 Å². The van der Waals surface area contributed by atoms with Gasteiger partial charge < -0.3 is 10.7 Å². The fraction of sp³-hybridized carbons (Fsp3) is 0.333. The summed E-state index contributed by atoms with van der Waals surface area (Å²) in [5.41, 5.74) is 2.82. The van der Waals surface area contributed by atoms with Crippen molar-refractivity contribution in [3.8, 4) is 0 Å². The molecule has 0 atom stereocenters. The maximum Gasteiger partial charge on any atom is 0.255 e. The molecule has 0 radical (unpaired) electrons. The molecule has 0 spiro atoms. The SMILES string of the molecule is CCCNC(=O)c1cc(Br)cnc1NN. The van der Waals surface area contributed by atoms with Gasteiger partial charge in [0.15, 0.2) is 5.82 Å². The van der Waals surface area contributed by atoms with E-state index in [0.717, 1.165) is 10.9 Å². The first kappa shape index (κ1) is 11.9. The molecular weight excluding hydrogens is 260 g/mol. The number of rotatable bonds is 4. The number of hydrogen-bond acceptors (Lipinski definition) is 4. The molecule has 4 N–H and O–H groups in total. The van der Waals surface area contributed by atoms with E-state index in [-0.39, 0.29) is 5.91 Å². The number of pyridine rings is 1. The molecule has 1 rings (SSSR count). The molecule has 6 heteroatoms. The number of amides is 1. The molecule has 0 fully saturated rings. The van der Waals surface area contributed by atoms with Gasteiger partial charge in [0.05, 0.1) is 5.56 Å². The zero-order valence-electron chi connectivity index (χ0n) is 8.38. The molecule has 0 saturated heterocycles. The van der Waals surface area contributed by atoms with E-state index in [4.69, 9.17) is 5.84 Å². The van der Waals surface area contributed by atoms with Crippen molar-refractivity contribution in [3.63, 3.8) is 0 Å². The molecule has 0 saturated carbocycles. The predicted molar refractivity (Wildman–Crippen MR) is 62.4 cm³/mol. The van der Waals surface area contributed by atoms with Gasteiger partial charge in [0, 0.05) is 17.2 Å². The first-order valence-corrected chi connectivity index (χ1v) is 5.38. The van der Waals surface area contributed by atoms with Crippen molar-refractivity contribution < 1.29 is 4.79 Å². The summed E-state index contributed by atoms with van der Waals surface area (Å²) in [6.45, 7) is 2.62. The summed E-state index contributed by atoms with van der Waals surface area (Å²) in [5, 5.41) is 2.76. The first-order valence-electron chi connectivity index (χ1n) is 4.59. The van der Waals surface area contributed by atoms with Gasteiger partial charge in [-0.15, -0.1) is 0 Å². The predicted octanol–water partition coefficient (Wildman–Crippen LogP) is 1.27. The third kappa shape index (κ3) is 3.17. The molecule has 0 aliphatic rings. The zero-order chi connectivity index (χ0) is 11.3. The van der Waals surface area contributed by atoms with E-state index in [9.17, 15) is 4.79 Å². The highest BCUT2D eigenvalue weighted by Gasteiger charge is 2.11. The van der Waals surface area contributed by atoms with Crippen LogP contribution in [0.1, 0.15) is 23.7 Å². The highest BCUT2D eigenvalue weighted by atomic mass is 79.9. The number of nitrogens with two attached hydrogens (primary N) is 1. The highest BCUT2D eigenvalue weighted by Crippen LogP contribution is 2.16. The number of nitrogens with zero attached hydrogens (tertiary/aromatic N) is 1. The molecule has 82 valence electrons. The maximum atomic E-state index is 11.7. The second-order valence-corrected chi connectivity index (χ2v) is 3.87. The number of hydrazine groups is 1. The van der Waals surface area contributed by atoms with Gasteiger partial charge in [-0.25, -0.2) is 10.8 Å². The lowest BCUT2D eigenvalue weighted by atomic mass is 10.2. The average molecular weight is 273 g/mol. The average Bonchev–Trinajstić information content (AvgIpc) is 2.25. The summed E-state index contributed by atoms with van der Waals surface area (Å²) >= 11 is 3.25. The van der Waals surface area contributed by atoms with Crippen LogP contribution in [0.2, 0.25) is 0 Å². The monoisotopic (exact) mass is 272 g/mol.